The lowest BCUT2D eigenvalue weighted by molar-refractivity contribution is -0.126. The Hall–Kier alpha value is -1.40. The summed E-state index contributed by atoms with van der Waals surface area (Å²) in [5.74, 6) is -0.480. The van der Waals surface area contributed by atoms with Crippen molar-refractivity contribution in [1.29, 1.82) is 0 Å². The topological polar surface area (TPSA) is 75.4 Å². The Morgan fingerprint density at radius 1 is 1.43 bits per heavy atom. The highest BCUT2D eigenvalue weighted by atomic mass is 79.9. The summed E-state index contributed by atoms with van der Waals surface area (Å²) < 4.78 is 0.848. The Morgan fingerprint density at radius 2 is 2.19 bits per heavy atom. The molecule has 1 aromatic rings. The van der Waals surface area contributed by atoms with Crippen molar-refractivity contribution in [3.05, 3.63) is 28.2 Å². The van der Waals surface area contributed by atoms with Gasteiger partial charge in [-0.1, -0.05) is 12.5 Å². The monoisotopic (exact) mass is 353 g/mol. The van der Waals surface area contributed by atoms with Gasteiger partial charge in [-0.15, -0.1) is 0 Å². The van der Waals surface area contributed by atoms with Crippen LogP contribution in [0.1, 0.15) is 24.8 Å². The molecular formula is C15H20BrN3O2. The summed E-state index contributed by atoms with van der Waals surface area (Å²) in [5, 5.41) is 2.86. The van der Waals surface area contributed by atoms with Crippen LogP contribution in [0, 0.1) is 6.92 Å². The number of amides is 2. The lowest BCUT2D eigenvalue weighted by atomic mass is 10.0. The van der Waals surface area contributed by atoms with Gasteiger partial charge < -0.3 is 11.1 Å². The number of nitrogens with one attached hydrogen (secondary N) is 1. The van der Waals surface area contributed by atoms with Gasteiger partial charge in [0.25, 0.3) is 0 Å². The Kier molecular flexibility index (Phi) is 5.36. The number of carbonyl (C=O) groups is 2. The summed E-state index contributed by atoms with van der Waals surface area (Å²) in [5.41, 5.74) is 7.26. The maximum Gasteiger partial charge on any atom is 0.238 e. The number of anilines is 1. The molecule has 6 heteroatoms. The fraction of sp³-hybridized carbons (Fsp3) is 0.467. The maximum atomic E-state index is 12.2. The van der Waals surface area contributed by atoms with Crippen molar-refractivity contribution in [1.82, 2.24) is 4.90 Å². The molecule has 0 saturated carbocycles. The Balaban J connectivity index is 1.98. The smallest absolute Gasteiger partial charge is 0.238 e. The number of nitrogens with zero attached hydrogens (tertiary/aromatic N) is 1. The first-order chi connectivity index (χ1) is 9.97. The SMILES string of the molecule is Cc1ccc(NC(=O)CN2CCCC[C@H]2C(N)=O)c(Br)c1. The van der Waals surface area contributed by atoms with Crippen LogP contribution in [0.15, 0.2) is 22.7 Å². The van der Waals surface area contributed by atoms with Crippen molar-refractivity contribution in [2.75, 3.05) is 18.4 Å². The highest BCUT2D eigenvalue weighted by Crippen LogP contribution is 2.23. The molecule has 0 radical (unpaired) electrons. The molecule has 2 rings (SSSR count). The molecule has 3 N–H and O–H groups in total. The molecule has 1 aromatic carbocycles. The van der Waals surface area contributed by atoms with Gasteiger partial charge in [0.05, 0.1) is 18.3 Å². The third kappa shape index (κ3) is 4.28. The number of primary amides is 1. The van der Waals surface area contributed by atoms with E-state index < -0.39 is 0 Å². The molecule has 0 aliphatic carbocycles. The Labute approximate surface area is 133 Å². The minimum Gasteiger partial charge on any atom is -0.368 e. The van der Waals surface area contributed by atoms with E-state index in [0.29, 0.717) is 0 Å². The fourth-order valence-corrected chi connectivity index (χ4v) is 3.19. The maximum absolute atomic E-state index is 12.2. The van der Waals surface area contributed by atoms with E-state index in [9.17, 15) is 9.59 Å². The Morgan fingerprint density at radius 3 is 2.86 bits per heavy atom. The molecule has 0 unspecified atom stereocenters. The standard InChI is InChI=1S/C15H20BrN3O2/c1-10-5-6-12(11(16)8-10)18-14(20)9-19-7-3-2-4-13(19)15(17)21/h5-6,8,13H,2-4,7,9H2,1H3,(H2,17,21)(H,18,20)/t13-/m0/s1. The van der Waals surface area contributed by atoms with Gasteiger partial charge in [-0.2, -0.15) is 0 Å². The van der Waals surface area contributed by atoms with Crippen LogP contribution in [-0.4, -0.2) is 35.8 Å². The van der Waals surface area contributed by atoms with E-state index in [0.717, 1.165) is 41.5 Å². The molecule has 0 spiro atoms. The average molecular weight is 354 g/mol. The molecule has 1 fully saturated rings. The lowest BCUT2D eigenvalue weighted by Crippen LogP contribution is -2.50. The highest BCUT2D eigenvalue weighted by molar-refractivity contribution is 9.10. The van der Waals surface area contributed by atoms with Crippen molar-refractivity contribution >= 4 is 33.4 Å². The van der Waals surface area contributed by atoms with Crippen LogP contribution >= 0.6 is 15.9 Å². The number of carbonyl (C=O) groups excluding carboxylic acids is 2. The zero-order chi connectivity index (χ0) is 15.4. The average Bonchev–Trinajstić information content (AvgIpc) is 2.42. The molecule has 1 heterocycles. The third-order valence-corrected chi connectivity index (χ3v) is 4.34. The first-order valence-electron chi connectivity index (χ1n) is 7.07. The second-order valence-corrected chi connectivity index (χ2v) is 6.27. The van der Waals surface area contributed by atoms with Crippen molar-refractivity contribution in [3.8, 4) is 0 Å². The van der Waals surface area contributed by atoms with E-state index in [2.05, 4.69) is 21.2 Å². The van der Waals surface area contributed by atoms with E-state index in [1.807, 2.05) is 30.0 Å². The van der Waals surface area contributed by atoms with Crippen LogP contribution in [-0.2, 0) is 9.59 Å². The van der Waals surface area contributed by atoms with E-state index >= 15 is 0 Å². The van der Waals surface area contributed by atoms with Crippen LogP contribution < -0.4 is 11.1 Å². The van der Waals surface area contributed by atoms with Crippen molar-refractivity contribution in [2.24, 2.45) is 5.73 Å². The quantitative estimate of drug-likeness (QED) is 0.869. The molecule has 0 aromatic heterocycles. The van der Waals surface area contributed by atoms with Crippen LogP contribution in [0.4, 0.5) is 5.69 Å². The van der Waals surface area contributed by atoms with Crippen molar-refractivity contribution < 1.29 is 9.59 Å². The molecule has 1 aliphatic rings. The predicted octanol–water partition coefficient (Wildman–Crippen LogP) is 2.04. The van der Waals surface area contributed by atoms with Crippen molar-refractivity contribution in [2.45, 2.75) is 32.2 Å². The van der Waals surface area contributed by atoms with Gasteiger partial charge in [0.1, 0.15) is 0 Å². The number of hydrogen-bond acceptors (Lipinski definition) is 3. The Bertz CT molecular complexity index is 548. The highest BCUT2D eigenvalue weighted by Gasteiger charge is 2.28. The first kappa shape index (κ1) is 16.0. The number of aryl methyl sites for hydroxylation is 1. The van der Waals surface area contributed by atoms with Crippen LogP contribution in [0.25, 0.3) is 0 Å². The van der Waals surface area contributed by atoms with Crippen molar-refractivity contribution in [3.63, 3.8) is 0 Å². The zero-order valence-corrected chi connectivity index (χ0v) is 13.6. The summed E-state index contributed by atoms with van der Waals surface area (Å²) in [6.45, 7) is 2.91. The number of rotatable bonds is 4. The molecule has 21 heavy (non-hydrogen) atoms. The second kappa shape index (κ2) is 7.04. The number of nitrogens with two attached hydrogens (primary N) is 1. The van der Waals surface area contributed by atoms with Gasteiger partial charge in [-0.3, -0.25) is 14.5 Å². The fourth-order valence-electron chi connectivity index (χ4n) is 2.60. The largest absolute Gasteiger partial charge is 0.368 e. The van der Waals surface area contributed by atoms with Gasteiger partial charge in [-0.25, -0.2) is 0 Å². The predicted molar refractivity (Wildman–Crippen MR) is 85.9 cm³/mol. The van der Waals surface area contributed by atoms with Gasteiger partial charge in [0.15, 0.2) is 0 Å². The van der Waals surface area contributed by atoms with Gasteiger partial charge in [0.2, 0.25) is 11.8 Å². The second-order valence-electron chi connectivity index (χ2n) is 5.42. The molecule has 2 amide bonds. The zero-order valence-electron chi connectivity index (χ0n) is 12.1. The normalized spacial score (nSPS) is 19.2. The van der Waals surface area contributed by atoms with Gasteiger partial charge in [-0.05, 0) is 59.9 Å². The number of benzene rings is 1. The number of piperidine rings is 1. The molecule has 1 saturated heterocycles. The third-order valence-electron chi connectivity index (χ3n) is 3.69. The number of likely N-dealkylation sites (tertiary alicyclic amines) is 1. The van der Waals surface area contributed by atoms with Gasteiger partial charge in [0, 0.05) is 4.47 Å². The summed E-state index contributed by atoms with van der Waals surface area (Å²) in [6, 6.07) is 5.42. The summed E-state index contributed by atoms with van der Waals surface area (Å²) in [4.78, 5) is 25.5. The van der Waals surface area contributed by atoms with Crippen LogP contribution in [0.5, 0.6) is 0 Å². The minimum absolute atomic E-state index is 0.132. The van der Waals surface area contributed by atoms with E-state index in [-0.39, 0.29) is 24.4 Å². The molecular weight excluding hydrogens is 334 g/mol. The van der Waals surface area contributed by atoms with E-state index in [4.69, 9.17) is 5.73 Å². The van der Waals surface area contributed by atoms with E-state index in [1.54, 1.807) is 0 Å². The van der Waals surface area contributed by atoms with Gasteiger partial charge >= 0.3 is 0 Å². The lowest BCUT2D eigenvalue weighted by Gasteiger charge is -2.32. The summed E-state index contributed by atoms with van der Waals surface area (Å²) >= 11 is 3.43. The van der Waals surface area contributed by atoms with Crippen LogP contribution in [0.2, 0.25) is 0 Å². The summed E-state index contributed by atoms with van der Waals surface area (Å²) in [7, 11) is 0. The summed E-state index contributed by atoms with van der Waals surface area (Å²) in [6.07, 6.45) is 2.71. The first-order valence-corrected chi connectivity index (χ1v) is 7.86. The minimum atomic E-state index is -0.348. The molecule has 1 aliphatic heterocycles. The van der Waals surface area contributed by atoms with Crippen LogP contribution in [0.3, 0.4) is 0 Å². The molecule has 0 bridgehead atoms. The number of halogens is 1. The number of hydrogen-bond donors (Lipinski definition) is 2. The molecule has 114 valence electrons. The molecule has 1 atom stereocenters. The molecule has 5 nitrogen and oxygen atoms in total. The van der Waals surface area contributed by atoms with E-state index in [1.165, 1.54) is 0 Å².